The second kappa shape index (κ2) is 8.51. The first-order chi connectivity index (χ1) is 14.5. The standard InChI is InChI=1S/C21H25N5O3S/c1-24-19-18(20(28)25(2)21(24)29)26(13-22-19)12-11-17(27)23-15-9-5-6-10-16(15)30-14-7-3-4-8-14/h5-6,9-10,13-14H,3-4,7-8,11-12H2,1-2H3,(H,23,27). The molecule has 3 aromatic rings. The number of hydrogen-bond donors (Lipinski definition) is 1. The molecule has 0 atom stereocenters. The molecule has 0 bridgehead atoms. The van der Waals surface area contributed by atoms with Crippen LogP contribution >= 0.6 is 11.8 Å². The Morgan fingerprint density at radius 2 is 1.90 bits per heavy atom. The van der Waals surface area contributed by atoms with Crippen LogP contribution in [0.3, 0.4) is 0 Å². The van der Waals surface area contributed by atoms with Crippen LogP contribution in [0.25, 0.3) is 11.2 Å². The van der Waals surface area contributed by atoms with E-state index in [-0.39, 0.29) is 12.3 Å². The van der Waals surface area contributed by atoms with Gasteiger partial charge in [0.2, 0.25) is 5.91 Å². The highest BCUT2D eigenvalue weighted by atomic mass is 32.2. The lowest BCUT2D eigenvalue weighted by Gasteiger charge is -2.14. The lowest BCUT2D eigenvalue weighted by Crippen LogP contribution is -2.37. The second-order valence-electron chi connectivity index (χ2n) is 7.63. The summed E-state index contributed by atoms with van der Waals surface area (Å²) in [5.74, 6) is -0.127. The van der Waals surface area contributed by atoms with Crippen molar-refractivity contribution in [2.24, 2.45) is 14.1 Å². The number of aryl methyl sites for hydroxylation is 2. The number of amides is 1. The summed E-state index contributed by atoms with van der Waals surface area (Å²) in [5.41, 5.74) is 0.635. The minimum absolute atomic E-state index is 0.127. The van der Waals surface area contributed by atoms with Gasteiger partial charge in [0.1, 0.15) is 0 Å². The van der Waals surface area contributed by atoms with Crippen LogP contribution in [0.2, 0.25) is 0 Å². The van der Waals surface area contributed by atoms with E-state index in [0.717, 1.165) is 15.1 Å². The topological polar surface area (TPSA) is 90.9 Å². The molecule has 0 spiro atoms. The van der Waals surface area contributed by atoms with Gasteiger partial charge >= 0.3 is 5.69 Å². The molecule has 0 aliphatic heterocycles. The molecule has 8 nitrogen and oxygen atoms in total. The largest absolute Gasteiger partial charge is 0.332 e. The van der Waals surface area contributed by atoms with Crippen molar-refractivity contribution in [1.29, 1.82) is 0 Å². The van der Waals surface area contributed by atoms with Crippen LogP contribution in [-0.4, -0.2) is 29.8 Å². The molecular formula is C21H25N5O3S. The predicted molar refractivity (Wildman–Crippen MR) is 118 cm³/mol. The number of aromatic nitrogens is 4. The second-order valence-corrected chi connectivity index (χ2v) is 8.98. The van der Waals surface area contributed by atoms with Crippen LogP contribution in [0.1, 0.15) is 32.1 Å². The van der Waals surface area contributed by atoms with E-state index in [1.54, 1.807) is 11.6 Å². The molecule has 0 saturated heterocycles. The number of carbonyl (C=O) groups is 1. The first-order valence-corrected chi connectivity index (χ1v) is 11.0. The molecule has 1 aliphatic carbocycles. The van der Waals surface area contributed by atoms with E-state index in [1.165, 1.54) is 43.6 Å². The molecule has 1 saturated carbocycles. The zero-order chi connectivity index (χ0) is 21.3. The average Bonchev–Trinajstić information content (AvgIpc) is 3.40. The van der Waals surface area contributed by atoms with E-state index in [1.807, 2.05) is 36.0 Å². The molecule has 158 valence electrons. The Labute approximate surface area is 177 Å². The smallest absolute Gasteiger partial charge is 0.325 e. The predicted octanol–water partition coefficient (Wildman–Crippen LogP) is 2.50. The summed E-state index contributed by atoms with van der Waals surface area (Å²) in [5, 5.41) is 3.62. The van der Waals surface area contributed by atoms with Gasteiger partial charge in [-0.1, -0.05) is 25.0 Å². The minimum atomic E-state index is -0.424. The van der Waals surface area contributed by atoms with E-state index >= 15 is 0 Å². The first kappa shape index (κ1) is 20.5. The van der Waals surface area contributed by atoms with Gasteiger partial charge in [-0.25, -0.2) is 9.78 Å². The molecule has 1 amide bonds. The summed E-state index contributed by atoms with van der Waals surface area (Å²) in [4.78, 5) is 42.5. The van der Waals surface area contributed by atoms with Gasteiger partial charge in [-0.2, -0.15) is 0 Å². The summed E-state index contributed by atoms with van der Waals surface area (Å²) in [7, 11) is 3.01. The fraction of sp³-hybridized carbons (Fsp3) is 0.429. The number of nitrogens with zero attached hydrogens (tertiary/aromatic N) is 4. The molecule has 0 unspecified atom stereocenters. The van der Waals surface area contributed by atoms with Crippen molar-refractivity contribution in [3.05, 3.63) is 51.4 Å². The van der Waals surface area contributed by atoms with E-state index in [2.05, 4.69) is 10.3 Å². The maximum atomic E-state index is 12.6. The van der Waals surface area contributed by atoms with Gasteiger partial charge in [-0.05, 0) is 25.0 Å². The third-order valence-electron chi connectivity index (χ3n) is 5.55. The first-order valence-electron chi connectivity index (χ1n) is 10.1. The molecule has 0 radical (unpaired) electrons. The number of para-hydroxylation sites is 1. The minimum Gasteiger partial charge on any atom is -0.325 e. The Morgan fingerprint density at radius 1 is 1.17 bits per heavy atom. The maximum absolute atomic E-state index is 12.6. The number of thioether (sulfide) groups is 1. The lowest BCUT2D eigenvalue weighted by atomic mass is 10.3. The fourth-order valence-electron chi connectivity index (χ4n) is 3.86. The van der Waals surface area contributed by atoms with Crippen molar-refractivity contribution >= 4 is 34.5 Å². The Kier molecular flexibility index (Phi) is 5.80. The molecule has 1 aliphatic rings. The van der Waals surface area contributed by atoms with Gasteiger partial charge in [-0.15, -0.1) is 11.8 Å². The number of rotatable bonds is 6. The van der Waals surface area contributed by atoms with E-state index in [0.29, 0.717) is 23.0 Å². The monoisotopic (exact) mass is 427 g/mol. The highest BCUT2D eigenvalue weighted by Crippen LogP contribution is 2.38. The third-order valence-corrected chi connectivity index (χ3v) is 6.97. The average molecular weight is 428 g/mol. The van der Waals surface area contributed by atoms with Gasteiger partial charge in [0.05, 0.1) is 12.0 Å². The van der Waals surface area contributed by atoms with Gasteiger partial charge in [0, 0.05) is 37.2 Å². The van der Waals surface area contributed by atoms with Gasteiger partial charge in [-0.3, -0.25) is 18.7 Å². The summed E-state index contributed by atoms with van der Waals surface area (Å²) >= 11 is 1.84. The van der Waals surface area contributed by atoms with E-state index < -0.39 is 11.2 Å². The van der Waals surface area contributed by atoms with Crippen molar-refractivity contribution in [2.45, 2.75) is 48.8 Å². The van der Waals surface area contributed by atoms with Crippen molar-refractivity contribution in [1.82, 2.24) is 18.7 Å². The summed E-state index contributed by atoms with van der Waals surface area (Å²) in [6.45, 7) is 0.299. The molecule has 2 heterocycles. The van der Waals surface area contributed by atoms with E-state index in [9.17, 15) is 14.4 Å². The highest BCUT2D eigenvalue weighted by Gasteiger charge is 2.19. The lowest BCUT2D eigenvalue weighted by molar-refractivity contribution is -0.116. The molecule has 30 heavy (non-hydrogen) atoms. The maximum Gasteiger partial charge on any atom is 0.332 e. The number of benzene rings is 1. The fourth-order valence-corrected chi connectivity index (χ4v) is 5.19. The van der Waals surface area contributed by atoms with Crippen molar-refractivity contribution in [3.63, 3.8) is 0 Å². The summed E-state index contributed by atoms with van der Waals surface area (Å²) in [6.07, 6.45) is 6.69. The van der Waals surface area contributed by atoms with Crippen molar-refractivity contribution < 1.29 is 4.79 Å². The third kappa shape index (κ3) is 3.94. The van der Waals surface area contributed by atoms with Gasteiger partial charge < -0.3 is 9.88 Å². The number of imidazole rings is 1. The SMILES string of the molecule is Cn1c(=O)c2c(ncn2CCC(=O)Nc2ccccc2SC2CCCC2)n(C)c1=O. The van der Waals surface area contributed by atoms with Crippen LogP contribution < -0.4 is 16.6 Å². The number of anilines is 1. The quantitative estimate of drug-likeness (QED) is 0.653. The molecule has 9 heteroatoms. The Hall–Kier alpha value is -2.81. The van der Waals surface area contributed by atoms with Crippen LogP contribution in [0, 0.1) is 0 Å². The highest BCUT2D eigenvalue weighted by molar-refractivity contribution is 8.00. The number of nitrogens with one attached hydrogen (secondary N) is 1. The van der Waals surface area contributed by atoms with Crippen LogP contribution in [0.15, 0.2) is 45.1 Å². The van der Waals surface area contributed by atoms with Gasteiger partial charge in [0.15, 0.2) is 11.2 Å². The Morgan fingerprint density at radius 3 is 2.67 bits per heavy atom. The number of carbonyl (C=O) groups excluding carboxylic acids is 1. The molecule has 1 aromatic carbocycles. The zero-order valence-corrected chi connectivity index (χ0v) is 17.9. The van der Waals surface area contributed by atoms with Crippen LogP contribution in [-0.2, 0) is 25.4 Å². The van der Waals surface area contributed by atoms with E-state index in [4.69, 9.17) is 0 Å². The van der Waals surface area contributed by atoms with Gasteiger partial charge in [0.25, 0.3) is 5.56 Å². The number of hydrogen-bond acceptors (Lipinski definition) is 5. The number of fused-ring (bicyclic) bond motifs is 1. The molecule has 1 N–H and O–H groups in total. The summed E-state index contributed by atoms with van der Waals surface area (Å²) < 4.78 is 4.02. The molecule has 2 aromatic heterocycles. The Balaban J connectivity index is 1.48. The Bertz CT molecular complexity index is 1200. The van der Waals surface area contributed by atoms with Crippen molar-refractivity contribution in [3.8, 4) is 0 Å². The molecule has 1 fully saturated rings. The van der Waals surface area contributed by atoms with Crippen LogP contribution in [0.5, 0.6) is 0 Å². The zero-order valence-electron chi connectivity index (χ0n) is 17.1. The van der Waals surface area contributed by atoms with Crippen LogP contribution in [0.4, 0.5) is 5.69 Å². The van der Waals surface area contributed by atoms with Crippen molar-refractivity contribution in [2.75, 3.05) is 5.32 Å². The normalized spacial score (nSPS) is 14.5. The summed E-state index contributed by atoms with van der Waals surface area (Å²) in [6, 6.07) is 7.88. The molecule has 4 rings (SSSR count). The molecular weight excluding hydrogens is 402 g/mol.